The summed E-state index contributed by atoms with van der Waals surface area (Å²) in [5.74, 6) is -1.04. The third-order valence-electron chi connectivity index (χ3n) is 4.42. The minimum atomic E-state index is -0.657. The van der Waals surface area contributed by atoms with Crippen LogP contribution in [0.15, 0.2) is 54.7 Å². The fourth-order valence-electron chi connectivity index (χ4n) is 2.96. The summed E-state index contributed by atoms with van der Waals surface area (Å²) < 4.78 is 21.0. The number of aryl methyl sites for hydroxylation is 1. The Morgan fingerprint density at radius 1 is 1.12 bits per heavy atom. The van der Waals surface area contributed by atoms with Crippen LogP contribution < -0.4 is 21.1 Å². The zero-order valence-corrected chi connectivity index (χ0v) is 17.7. The molecule has 4 N–H and O–H groups in total. The van der Waals surface area contributed by atoms with E-state index in [2.05, 4.69) is 20.6 Å². The smallest absolute Gasteiger partial charge is 0.323 e. The van der Waals surface area contributed by atoms with E-state index in [-0.39, 0.29) is 23.7 Å². The van der Waals surface area contributed by atoms with Crippen molar-refractivity contribution in [3.8, 4) is 5.75 Å². The summed E-state index contributed by atoms with van der Waals surface area (Å²) in [6, 6.07) is 12.1. The lowest BCUT2D eigenvalue weighted by molar-refractivity contribution is 0.0995. The van der Waals surface area contributed by atoms with Gasteiger partial charge in [0.25, 0.3) is 5.91 Å². The number of hydrogen-bond acceptors (Lipinski definition) is 6. The van der Waals surface area contributed by atoms with Gasteiger partial charge in [-0.2, -0.15) is 0 Å². The van der Waals surface area contributed by atoms with Crippen molar-refractivity contribution < 1.29 is 18.7 Å². The molecule has 162 valence electrons. The van der Waals surface area contributed by atoms with Crippen molar-refractivity contribution in [3.63, 3.8) is 0 Å². The number of benzene rings is 2. The first-order valence-electron chi connectivity index (χ1n) is 9.49. The molecule has 0 saturated heterocycles. The maximum absolute atomic E-state index is 14.5. The van der Waals surface area contributed by atoms with Gasteiger partial charge in [-0.25, -0.2) is 14.2 Å². The highest BCUT2D eigenvalue weighted by Gasteiger charge is 2.10. The highest BCUT2D eigenvalue weighted by molar-refractivity contribution is 7.18. The molecular formula is C22H18FN5O3S. The number of primary amides is 1. The molecule has 4 rings (SSSR count). The van der Waals surface area contributed by atoms with E-state index in [1.165, 1.54) is 24.4 Å². The SMILES string of the molecule is Cc1nc2cc(NC(=O)Nc3ccc(OCc4ccnc(C(N)=O)c4)cc3F)ccc2s1. The first-order chi connectivity index (χ1) is 15.4. The number of nitrogens with zero attached hydrogens (tertiary/aromatic N) is 2. The number of carbonyl (C=O) groups is 2. The Morgan fingerprint density at radius 2 is 1.97 bits per heavy atom. The lowest BCUT2D eigenvalue weighted by atomic mass is 10.2. The first-order valence-corrected chi connectivity index (χ1v) is 10.3. The van der Waals surface area contributed by atoms with E-state index in [0.717, 1.165) is 21.3 Å². The molecule has 2 heterocycles. The predicted octanol–water partition coefficient (Wildman–Crippen LogP) is 4.46. The normalized spacial score (nSPS) is 10.7. The second-order valence-electron chi connectivity index (χ2n) is 6.84. The number of pyridine rings is 1. The van der Waals surface area contributed by atoms with Crippen LogP contribution in [0.1, 0.15) is 21.1 Å². The van der Waals surface area contributed by atoms with Crippen LogP contribution in [0.4, 0.5) is 20.6 Å². The lowest BCUT2D eigenvalue weighted by Gasteiger charge is -2.11. The molecular weight excluding hydrogens is 433 g/mol. The van der Waals surface area contributed by atoms with Gasteiger partial charge in [-0.05, 0) is 55.0 Å². The number of thiazole rings is 1. The van der Waals surface area contributed by atoms with Gasteiger partial charge >= 0.3 is 6.03 Å². The number of aromatic nitrogens is 2. The van der Waals surface area contributed by atoms with Crippen LogP contribution in [0, 0.1) is 12.7 Å². The van der Waals surface area contributed by atoms with Crippen molar-refractivity contribution in [3.05, 3.63) is 76.8 Å². The van der Waals surface area contributed by atoms with Gasteiger partial charge in [0.2, 0.25) is 0 Å². The predicted molar refractivity (Wildman–Crippen MR) is 120 cm³/mol. The molecule has 0 radical (unpaired) electrons. The highest BCUT2D eigenvalue weighted by Crippen LogP contribution is 2.25. The molecule has 0 spiro atoms. The number of anilines is 2. The molecule has 2 aromatic heterocycles. The monoisotopic (exact) mass is 451 g/mol. The van der Waals surface area contributed by atoms with E-state index in [0.29, 0.717) is 11.3 Å². The van der Waals surface area contributed by atoms with Gasteiger partial charge in [0.1, 0.15) is 23.9 Å². The Balaban J connectivity index is 1.37. The third kappa shape index (κ3) is 4.98. The topological polar surface area (TPSA) is 119 Å². The molecule has 0 saturated carbocycles. The molecule has 0 atom stereocenters. The van der Waals surface area contributed by atoms with Gasteiger partial charge in [0.05, 0.1) is 20.9 Å². The molecule has 0 fully saturated rings. The number of carbonyl (C=O) groups excluding carboxylic acids is 2. The Labute approximate surface area is 186 Å². The van der Waals surface area contributed by atoms with Gasteiger partial charge in [0.15, 0.2) is 0 Å². The number of nitrogens with one attached hydrogen (secondary N) is 2. The van der Waals surface area contributed by atoms with E-state index in [4.69, 9.17) is 10.5 Å². The van der Waals surface area contributed by atoms with Crippen LogP contribution in [-0.4, -0.2) is 21.9 Å². The molecule has 10 heteroatoms. The van der Waals surface area contributed by atoms with Crippen molar-refractivity contribution >= 4 is 44.9 Å². The average Bonchev–Trinajstić information content (AvgIpc) is 3.13. The fraction of sp³-hybridized carbons (Fsp3) is 0.0909. The van der Waals surface area contributed by atoms with Crippen molar-refractivity contribution in [2.24, 2.45) is 5.73 Å². The largest absolute Gasteiger partial charge is 0.489 e. The van der Waals surface area contributed by atoms with Crippen LogP contribution in [-0.2, 0) is 6.61 Å². The Morgan fingerprint density at radius 3 is 2.75 bits per heavy atom. The summed E-state index contributed by atoms with van der Waals surface area (Å²) >= 11 is 1.57. The molecule has 4 aromatic rings. The third-order valence-corrected chi connectivity index (χ3v) is 5.38. The van der Waals surface area contributed by atoms with E-state index in [1.54, 1.807) is 29.5 Å². The van der Waals surface area contributed by atoms with Gasteiger partial charge in [-0.3, -0.25) is 9.78 Å². The van der Waals surface area contributed by atoms with Crippen LogP contribution in [0.3, 0.4) is 0 Å². The van der Waals surface area contributed by atoms with Gasteiger partial charge < -0.3 is 21.1 Å². The number of rotatable bonds is 6. The lowest BCUT2D eigenvalue weighted by Crippen LogP contribution is -2.20. The summed E-state index contributed by atoms with van der Waals surface area (Å²) in [7, 11) is 0. The quantitative estimate of drug-likeness (QED) is 0.400. The van der Waals surface area contributed by atoms with Crippen molar-refractivity contribution in [1.29, 1.82) is 0 Å². The minimum Gasteiger partial charge on any atom is -0.489 e. The number of fused-ring (bicyclic) bond motifs is 1. The van der Waals surface area contributed by atoms with E-state index in [9.17, 15) is 14.0 Å². The zero-order valence-electron chi connectivity index (χ0n) is 16.9. The Hall–Kier alpha value is -4.05. The van der Waals surface area contributed by atoms with Crippen LogP contribution in [0.2, 0.25) is 0 Å². The summed E-state index contributed by atoms with van der Waals surface area (Å²) in [6.07, 6.45) is 1.44. The van der Waals surface area contributed by atoms with Crippen LogP contribution in [0.25, 0.3) is 10.2 Å². The number of ether oxygens (including phenoxy) is 1. The summed E-state index contributed by atoms with van der Waals surface area (Å²) in [4.78, 5) is 31.7. The van der Waals surface area contributed by atoms with Crippen LogP contribution >= 0.6 is 11.3 Å². The van der Waals surface area contributed by atoms with Crippen molar-refractivity contribution in [1.82, 2.24) is 9.97 Å². The molecule has 0 aliphatic rings. The zero-order chi connectivity index (χ0) is 22.7. The minimum absolute atomic E-state index is 0.000330. The maximum Gasteiger partial charge on any atom is 0.323 e. The second kappa shape index (κ2) is 8.98. The maximum atomic E-state index is 14.5. The summed E-state index contributed by atoms with van der Waals surface area (Å²) in [5.41, 5.74) is 7.32. The molecule has 2 aromatic carbocycles. The molecule has 8 nitrogen and oxygen atoms in total. The molecule has 0 bridgehead atoms. The highest BCUT2D eigenvalue weighted by atomic mass is 32.1. The molecule has 0 aliphatic heterocycles. The standard InChI is InChI=1S/C22H18FN5O3S/c1-12-26-18-9-14(2-5-20(18)32-12)27-22(30)28-17-4-3-15(10-16(17)23)31-11-13-6-7-25-19(8-13)21(24)29/h2-10H,11H2,1H3,(H2,24,29)(H2,27,28,30). The van der Waals surface area contributed by atoms with Gasteiger partial charge in [-0.1, -0.05) is 0 Å². The second-order valence-corrected chi connectivity index (χ2v) is 8.07. The fourth-order valence-corrected chi connectivity index (χ4v) is 3.77. The van der Waals surface area contributed by atoms with E-state index < -0.39 is 17.8 Å². The number of urea groups is 1. The number of halogens is 1. The summed E-state index contributed by atoms with van der Waals surface area (Å²) in [5, 5.41) is 6.08. The van der Waals surface area contributed by atoms with Gasteiger partial charge in [-0.15, -0.1) is 11.3 Å². The van der Waals surface area contributed by atoms with E-state index in [1.807, 2.05) is 13.0 Å². The number of hydrogen-bond donors (Lipinski definition) is 3. The molecule has 0 unspecified atom stereocenters. The molecule has 32 heavy (non-hydrogen) atoms. The summed E-state index contributed by atoms with van der Waals surface area (Å²) in [6.45, 7) is 2.00. The van der Waals surface area contributed by atoms with Crippen LogP contribution in [0.5, 0.6) is 5.75 Å². The number of nitrogens with two attached hydrogens (primary N) is 1. The average molecular weight is 451 g/mol. The molecule has 3 amide bonds. The van der Waals surface area contributed by atoms with E-state index >= 15 is 0 Å². The van der Waals surface area contributed by atoms with Crippen molar-refractivity contribution in [2.75, 3.05) is 10.6 Å². The Kier molecular flexibility index (Phi) is 5.95. The Bertz CT molecular complexity index is 1320. The molecule has 0 aliphatic carbocycles. The number of amides is 3. The van der Waals surface area contributed by atoms with Crippen molar-refractivity contribution in [2.45, 2.75) is 13.5 Å². The van der Waals surface area contributed by atoms with Gasteiger partial charge in [0, 0.05) is 18.0 Å². The first kappa shape index (κ1) is 21.2.